The molecular formula is C15H12N4O6S. The van der Waals surface area contributed by atoms with Crippen molar-refractivity contribution in [3.8, 4) is 0 Å². The molecule has 0 aliphatic heterocycles. The predicted octanol–water partition coefficient (Wildman–Crippen LogP) is 2.48. The highest BCUT2D eigenvalue weighted by atomic mass is 32.2. The molecule has 11 heteroatoms. The molecule has 2 rings (SSSR count). The molecule has 2 aromatic rings. The maximum Gasteiger partial charge on any atom is 0.276 e. The van der Waals surface area contributed by atoms with Crippen molar-refractivity contribution >= 4 is 33.7 Å². The second-order valence-electron chi connectivity index (χ2n) is 4.80. The number of rotatable bonds is 7. The third kappa shape index (κ3) is 4.70. The number of hydrogen-bond donors (Lipinski definition) is 1. The van der Waals surface area contributed by atoms with E-state index >= 15 is 0 Å². The molecule has 0 spiro atoms. The first-order valence-corrected chi connectivity index (χ1v) is 8.49. The summed E-state index contributed by atoms with van der Waals surface area (Å²) in [6.45, 7) is 0. The summed E-state index contributed by atoms with van der Waals surface area (Å²) in [4.78, 5) is 22.0. The summed E-state index contributed by atoms with van der Waals surface area (Å²) in [7, 11) is -3.98. The average molecular weight is 376 g/mol. The Labute approximate surface area is 147 Å². The van der Waals surface area contributed by atoms with Crippen LogP contribution in [0.15, 0.2) is 64.6 Å². The highest BCUT2D eigenvalue weighted by Gasteiger charge is 2.14. The second-order valence-corrected chi connectivity index (χ2v) is 6.46. The van der Waals surface area contributed by atoms with E-state index in [0.29, 0.717) is 5.56 Å². The molecule has 0 heterocycles. The zero-order chi connectivity index (χ0) is 19.2. The Morgan fingerprint density at radius 1 is 0.962 bits per heavy atom. The number of hydrazone groups is 1. The van der Waals surface area contributed by atoms with Crippen molar-refractivity contribution in [2.75, 3.05) is 0 Å². The zero-order valence-corrected chi connectivity index (χ0v) is 13.9. The number of non-ortho nitro benzene ring substituents is 1. The first-order chi connectivity index (χ1) is 12.3. The Bertz CT molecular complexity index is 983. The lowest BCUT2D eigenvalue weighted by Crippen LogP contribution is -2.18. The van der Waals surface area contributed by atoms with Crippen LogP contribution < -0.4 is 4.83 Å². The Balaban J connectivity index is 2.05. The molecule has 1 N–H and O–H groups in total. The first kappa shape index (κ1) is 18.7. The lowest BCUT2D eigenvalue weighted by molar-refractivity contribution is -0.385. The van der Waals surface area contributed by atoms with Crippen molar-refractivity contribution in [2.24, 2.45) is 5.10 Å². The maximum atomic E-state index is 12.0. The third-order valence-electron chi connectivity index (χ3n) is 3.10. The van der Waals surface area contributed by atoms with Crippen LogP contribution in [0.2, 0.25) is 0 Å². The Kier molecular flexibility index (Phi) is 5.75. The number of benzene rings is 2. The van der Waals surface area contributed by atoms with E-state index in [1.165, 1.54) is 30.4 Å². The van der Waals surface area contributed by atoms with Crippen LogP contribution in [-0.2, 0) is 10.0 Å². The average Bonchev–Trinajstić information content (AvgIpc) is 2.61. The van der Waals surface area contributed by atoms with E-state index in [4.69, 9.17) is 0 Å². The molecule has 0 aromatic heterocycles. The van der Waals surface area contributed by atoms with Gasteiger partial charge in [0.15, 0.2) is 0 Å². The minimum absolute atomic E-state index is 0.0939. The van der Waals surface area contributed by atoms with Gasteiger partial charge >= 0.3 is 0 Å². The van der Waals surface area contributed by atoms with E-state index in [1.807, 2.05) is 4.83 Å². The van der Waals surface area contributed by atoms with Crippen LogP contribution in [-0.4, -0.2) is 24.5 Å². The van der Waals surface area contributed by atoms with Crippen LogP contribution in [0.4, 0.5) is 11.4 Å². The highest BCUT2D eigenvalue weighted by Crippen LogP contribution is 2.18. The van der Waals surface area contributed by atoms with Crippen molar-refractivity contribution in [3.05, 3.63) is 80.4 Å². The van der Waals surface area contributed by atoms with Gasteiger partial charge in [-0.25, -0.2) is 4.83 Å². The number of nitro groups is 2. The van der Waals surface area contributed by atoms with E-state index < -0.39 is 19.9 Å². The standard InChI is InChI=1S/C15H12N4O6S/c20-18(21)13-7-9-14(10-8-13)26(24,25)17-16-11-3-5-12-4-1-2-6-15(12)19(22)23/h1-11,17H/b5-3+,16-11-. The molecule has 0 saturated heterocycles. The molecule has 0 unspecified atom stereocenters. The van der Waals surface area contributed by atoms with Crippen molar-refractivity contribution in [2.45, 2.75) is 4.90 Å². The van der Waals surface area contributed by atoms with Crippen LogP contribution in [0.5, 0.6) is 0 Å². The number of para-hydroxylation sites is 1. The van der Waals surface area contributed by atoms with Gasteiger partial charge in [-0.2, -0.15) is 13.5 Å². The highest BCUT2D eigenvalue weighted by molar-refractivity contribution is 7.89. The Hall–Kier alpha value is -3.60. The van der Waals surface area contributed by atoms with Gasteiger partial charge in [-0.15, -0.1) is 0 Å². The van der Waals surface area contributed by atoms with E-state index in [-0.39, 0.29) is 16.3 Å². The van der Waals surface area contributed by atoms with Gasteiger partial charge in [0.25, 0.3) is 21.4 Å². The van der Waals surface area contributed by atoms with E-state index in [1.54, 1.807) is 6.07 Å². The topological polar surface area (TPSA) is 145 Å². The normalized spacial score (nSPS) is 11.7. The Morgan fingerprint density at radius 3 is 2.23 bits per heavy atom. The van der Waals surface area contributed by atoms with Gasteiger partial charge in [0.1, 0.15) is 0 Å². The molecular weight excluding hydrogens is 364 g/mol. The third-order valence-corrected chi connectivity index (χ3v) is 4.34. The number of nitro benzene ring substituents is 2. The van der Waals surface area contributed by atoms with Crippen LogP contribution >= 0.6 is 0 Å². The van der Waals surface area contributed by atoms with Crippen molar-refractivity contribution < 1.29 is 18.3 Å². The number of sulfonamides is 1. The van der Waals surface area contributed by atoms with Gasteiger partial charge in [-0.3, -0.25) is 20.2 Å². The fourth-order valence-electron chi connectivity index (χ4n) is 1.88. The number of nitrogens with zero attached hydrogens (tertiary/aromatic N) is 3. The molecule has 0 aliphatic rings. The summed E-state index contributed by atoms with van der Waals surface area (Å²) in [5.41, 5.74) is 0.00521. The van der Waals surface area contributed by atoms with E-state index in [2.05, 4.69) is 5.10 Å². The molecule has 0 fully saturated rings. The van der Waals surface area contributed by atoms with Crippen molar-refractivity contribution in [3.63, 3.8) is 0 Å². The molecule has 26 heavy (non-hydrogen) atoms. The van der Waals surface area contributed by atoms with Gasteiger partial charge < -0.3 is 0 Å². The lowest BCUT2D eigenvalue weighted by atomic mass is 10.2. The number of allylic oxidation sites excluding steroid dienone is 1. The molecule has 0 amide bonds. The zero-order valence-electron chi connectivity index (χ0n) is 13.1. The molecule has 0 aliphatic carbocycles. The summed E-state index contributed by atoms with van der Waals surface area (Å²) in [6.07, 6.45) is 3.85. The van der Waals surface area contributed by atoms with Gasteiger partial charge in [0, 0.05) is 24.4 Å². The summed E-state index contributed by atoms with van der Waals surface area (Å²) in [5.74, 6) is 0. The summed E-state index contributed by atoms with van der Waals surface area (Å²) in [5, 5.41) is 24.9. The van der Waals surface area contributed by atoms with Gasteiger partial charge in [-0.1, -0.05) is 12.1 Å². The van der Waals surface area contributed by atoms with Crippen LogP contribution in [0.1, 0.15) is 5.56 Å². The predicted molar refractivity (Wildman–Crippen MR) is 94.0 cm³/mol. The number of nitrogens with one attached hydrogen (secondary N) is 1. The fraction of sp³-hybridized carbons (Fsp3) is 0. The fourth-order valence-corrected chi connectivity index (χ4v) is 2.68. The van der Waals surface area contributed by atoms with Gasteiger partial charge in [0.05, 0.1) is 20.3 Å². The molecule has 0 saturated carbocycles. The van der Waals surface area contributed by atoms with E-state index in [9.17, 15) is 28.6 Å². The minimum Gasteiger partial charge on any atom is -0.258 e. The van der Waals surface area contributed by atoms with Gasteiger partial charge in [-0.05, 0) is 30.4 Å². The van der Waals surface area contributed by atoms with Crippen LogP contribution in [0.25, 0.3) is 6.08 Å². The summed E-state index contributed by atoms with van der Waals surface area (Å²) < 4.78 is 24.0. The number of hydrogen-bond acceptors (Lipinski definition) is 7. The van der Waals surface area contributed by atoms with Crippen molar-refractivity contribution in [1.29, 1.82) is 0 Å². The maximum absolute atomic E-state index is 12.0. The smallest absolute Gasteiger partial charge is 0.258 e. The molecule has 0 bridgehead atoms. The summed E-state index contributed by atoms with van der Waals surface area (Å²) in [6, 6.07) is 10.3. The minimum atomic E-state index is -3.98. The van der Waals surface area contributed by atoms with Crippen LogP contribution in [0, 0.1) is 20.2 Å². The molecule has 0 atom stereocenters. The quantitative estimate of drug-likeness (QED) is 0.446. The van der Waals surface area contributed by atoms with Crippen molar-refractivity contribution in [1.82, 2.24) is 4.83 Å². The largest absolute Gasteiger partial charge is 0.276 e. The van der Waals surface area contributed by atoms with Gasteiger partial charge in [0.2, 0.25) is 0 Å². The van der Waals surface area contributed by atoms with E-state index in [0.717, 1.165) is 30.5 Å². The monoisotopic (exact) mass is 376 g/mol. The molecule has 10 nitrogen and oxygen atoms in total. The molecule has 0 radical (unpaired) electrons. The first-order valence-electron chi connectivity index (χ1n) is 7.00. The Morgan fingerprint density at radius 2 is 1.62 bits per heavy atom. The van der Waals surface area contributed by atoms with Crippen LogP contribution in [0.3, 0.4) is 0 Å². The molecule has 134 valence electrons. The SMILES string of the molecule is O=[N+]([O-])c1ccc(S(=O)(=O)N/N=C\C=C\c2ccccc2[N+](=O)[O-])cc1. The lowest BCUT2D eigenvalue weighted by Gasteiger charge is -2.02. The summed E-state index contributed by atoms with van der Waals surface area (Å²) >= 11 is 0. The molecule has 2 aromatic carbocycles. The second kappa shape index (κ2) is 7.98.